The van der Waals surface area contributed by atoms with E-state index in [1.165, 1.54) is 12.1 Å². The summed E-state index contributed by atoms with van der Waals surface area (Å²) in [5.74, 6) is -5.00. The smallest absolute Gasteiger partial charge is 0.425 e. The van der Waals surface area contributed by atoms with Crippen LogP contribution in [0.3, 0.4) is 0 Å². The van der Waals surface area contributed by atoms with Gasteiger partial charge in [0.05, 0.1) is 11.1 Å². The quantitative estimate of drug-likeness (QED) is 0.0748. The summed E-state index contributed by atoms with van der Waals surface area (Å²) in [7, 11) is 0. The molecule has 3 rings (SSSR count). The van der Waals surface area contributed by atoms with Gasteiger partial charge in [0.2, 0.25) is 0 Å². The van der Waals surface area contributed by atoms with Crippen LogP contribution in [-0.2, 0) is 9.47 Å². The molecule has 0 fully saturated rings. The Labute approximate surface area is 287 Å². The summed E-state index contributed by atoms with van der Waals surface area (Å²) in [5.41, 5.74) is 0.217. The third-order valence-corrected chi connectivity index (χ3v) is 8.30. The maximum Gasteiger partial charge on any atom is 0.425 e. The molecule has 0 radical (unpaired) electrons. The molecule has 0 aromatic heterocycles. The topological polar surface area (TPSA) is 52.6 Å². The molecule has 50 heavy (non-hydrogen) atoms. The van der Waals surface area contributed by atoms with Crippen molar-refractivity contribution >= 4 is 11.9 Å². The van der Waals surface area contributed by atoms with Crippen LogP contribution in [0.25, 0.3) is 22.3 Å². The SMILES string of the molecule is CCCCCCC[C@H](OC(=O)c1ccc(-c2ccc(-c3ccc(C(=O)O[C@@H](CCCCCCC)C(F)(F)F)c(F)c3)cc2)cc1F)C(F)(F)F. The Balaban J connectivity index is 1.67. The molecule has 0 aliphatic heterocycles. The second kappa shape index (κ2) is 18.9. The molecule has 3 aromatic carbocycles. The minimum Gasteiger partial charge on any atom is -0.449 e. The molecule has 0 bridgehead atoms. The lowest BCUT2D eigenvalue weighted by molar-refractivity contribution is -0.206. The van der Waals surface area contributed by atoms with Crippen LogP contribution >= 0.6 is 0 Å². The van der Waals surface area contributed by atoms with Gasteiger partial charge < -0.3 is 9.47 Å². The van der Waals surface area contributed by atoms with Crippen molar-refractivity contribution in [2.75, 3.05) is 0 Å². The number of hydrogen-bond acceptors (Lipinski definition) is 4. The maximum atomic E-state index is 14.9. The van der Waals surface area contributed by atoms with Crippen molar-refractivity contribution in [1.29, 1.82) is 0 Å². The van der Waals surface area contributed by atoms with Crippen LogP contribution in [0, 0.1) is 11.6 Å². The molecule has 0 amide bonds. The third-order valence-electron chi connectivity index (χ3n) is 8.30. The number of halogens is 8. The Morgan fingerprint density at radius 3 is 1.14 bits per heavy atom. The van der Waals surface area contributed by atoms with Gasteiger partial charge in [-0.2, -0.15) is 26.3 Å². The van der Waals surface area contributed by atoms with E-state index in [9.17, 15) is 44.7 Å². The second-order valence-corrected chi connectivity index (χ2v) is 12.2. The van der Waals surface area contributed by atoms with Gasteiger partial charge in [-0.05, 0) is 72.2 Å². The molecule has 0 heterocycles. The number of alkyl halides is 6. The van der Waals surface area contributed by atoms with Crippen LogP contribution in [-0.4, -0.2) is 36.5 Å². The molecule has 3 aromatic rings. The van der Waals surface area contributed by atoms with Crippen LogP contribution in [0.2, 0.25) is 0 Å². The number of rotatable bonds is 18. The van der Waals surface area contributed by atoms with Gasteiger partial charge in [-0.3, -0.25) is 0 Å². The van der Waals surface area contributed by atoms with E-state index in [0.29, 0.717) is 35.1 Å². The molecule has 4 nitrogen and oxygen atoms in total. The average molecular weight is 715 g/mol. The minimum absolute atomic E-state index is 0.208. The number of ether oxygens (including phenoxy) is 2. The fraction of sp³-hybridized carbons (Fsp3) is 0.474. The molecule has 0 N–H and O–H groups in total. The number of hydrogen-bond donors (Lipinski definition) is 0. The van der Waals surface area contributed by atoms with Crippen LogP contribution in [0.1, 0.15) is 112 Å². The number of carbonyl (C=O) groups excluding carboxylic acids is 2. The van der Waals surface area contributed by atoms with E-state index in [1.54, 1.807) is 24.3 Å². The van der Waals surface area contributed by atoms with Crippen molar-refractivity contribution in [1.82, 2.24) is 0 Å². The molecule has 0 aliphatic rings. The summed E-state index contributed by atoms with van der Waals surface area (Å²) in [6.45, 7) is 3.95. The average Bonchev–Trinajstić information content (AvgIpc) is 3.05. The number of esters is 2. The largest absolute Gasteiger partial charge is 0.449 e. The molecule has 0 unspecified atom stereocenters. The van der Waals surface area contributed by atoms with E-state index in [1.807, 2.05) is 13.8 Å². The molecule has 0 spiro atoms. The van der Waals surface area contributed by atoms with Crippen LogP contribution in [0.15, 0.2) is 60.7 Å². The van der Waals surface area contributed by atoms with Crippen LogP contribution in [0.4, 0.5) is 35.1 Å². The summed E-state index contributed by atoms with van der Waals surface area (Å²) in [6, 6.07) is 12.9. The lowest BCUT2D eigenvalue weighted by Crippen LogP contribution is -2.34. The first-order valence-corrected chi connectivity index (χ1v) is 16.9. The van der Waals surface area contributed by atoms with Gasteiger partial charge in [-0.1, -0.05) is 102 Å². The number of carbonyl (C=O) groups is 2. The van der Waals surface area contributed by atoms with Gasteiger partial charge >= 0.3 is 24.3 Å². The first kappa shape index (κ1) is 40.5. The summed E-state index contributed by atoms with van der Waals surface area (Å²) in [6.07, 6.45) is -8.47. The molecular weight excluding hydrogens is 672 g/mol. The Hall–Kier alpha value is -3.96. The fourth-order valence-corrected chi connectivity index (χ4v) is 5.41. The highest BCUT2D eigenvalue weighted by molar-refractivity contribution is 5.91. The molecule has 274 valence electrons. The monoisotopic (exact) mass is 714 g/mol. The van der Waals surface area contributed by atoms with E-state index in [0.717, 1.165) is 62.8 Å². The van der Waals surface area contributed by atoms with Gasteiger partial charge in [-0.15, -0.1) is 0 Å². The van der Waals surface area contributed by atoms with Crippen molar-refractivity contribution in [3.63, 3.8) is 0 Å². The Morgan fingerprint density at radius 2 is 0.840 bits per heavy atom. The van der Waals surface area contributed by atoms with Crippen molar-refractivity contribution in [3.8, 4) is 22.3 Å². The first-order chi connectivity index (χ1) is 23.6. The van der Waals surface area contributed by atoms with Crippen LogP contribution < -0.4 is 0 Å². The predicted molar refractivity (Wildman–Crippen MR) is 174 cm³/mol. The second-order valence-electron chi connectivity index (χ2n) is 12.2. The third kappa shape index (κ3) is 12.1. The van der Waals surface area contributed by atoms with Gasteiger partial charge in [0.15, 0.2) is 12.2 Å². The highest BCUT2D eigenvalue weighted by Gasteiger charge is 2.43. The summed E-state index contributed by atoms with van der Waals surface area (Å²) >= 11 is 0. The van der Waals surface area contributed by atoms with Gasteiger partial charge in [0, 0.05) is 0 Å². The zero-order chi connectivity index (χ0) is 36.9. The normalized spacial score (nSPS) is 13.2. The molecule has 0 saturated carbocycles. The Bertz CT molecular complexity index is 1420. The van der Waals surface area contributed by atoms with Crippen molar-refractivity contribution in [2.24, 2.45) is 0 Å². The van der Waals surface area contributed by atoms with E-state index in [2.05, 4.69) is 9.47 Å². The zero-order valence-electron chi connectivity index (χ0n) is 28.1. The molecule has 0 saturated heterocycles. The Morgan fingerprint density at radius 1 is 0.520 bits per heavy atom. The Kier molecular flexibility index (Phi) is 15.3. The van der Waals surface area contributed by atoms with Gasteiger partial charge in [0.1, 0.15) is 11.6 Å². The summed E-state index contributed by atoms with van der Waals surface area (Å²) < 4.78 is 120. The lowest BCUT2D eigenvalue weighted by Gasteiger charge is -2.21. The fourth-order valence-electron chi connectivity index (χ4n) is 5.41. The van der Waals surface area contributed by atoms with E-state index < -0.39 is 72.1 Å². The highest BCUT2D eigenvalue weighted by Crippen LogP contribution is 2.32. The molecular formula is C38H42F8O4. The lowest BCUT2D eigenvalue weighted by atomic mass is 9.98. The number of benzene rings is 3. The van der Waals surface area contributed by atoms with Crippen molar-refractivity contribution < 1.29 is 54.2 Å². The summed E-state index contributed by atoms with van der Waals surface area (Å²) in [4.78, 5) is 25.0. The van der Waals surface area contributed by atoms with Gasteiger partial charge in [0.25, 0.3) is 0 Å². The molecule has 0 aliphatic carbocycles. The molecule has 2 atom stereocenters. The van der Waals surface area contributed by atoms with Crippen molar-refractivity contribution in [2.45, 2.75) is 115 Å². The van der Waals surface area contributed by atoms with E-state index >= 15 is 0 Å². The predicted octanol–water partition coefficient (Wildman–Crippen LogP) is 12.2. The minimum atomic E-state index is -4.80. The highest BCUT2D eigenvalue weighted by atomic mass is 19.4. The van der Waals surface area contributed by atoms with E-state index in [-0.39, 0.29) is 12.8 Å². The summed E-state index contributed by atoms with van der Waals surface area (Å²) in [5, 5.41) is 0. The zero-order valence-corrected chi connectivity index (χ0v) is 28.1. The van der Waals surface area contributed by atoms with Gasteiger partial charge in [-0.25, -0.2) is 18.4 Å². The standard InChI is InChI=1S/C38H42F8O4/c1-3-5-7-9-11-13-33(37(41,42)43)49-35(47)29-21-19-27(23-31(29)39)25-15-17-26(18-16-25)28-20-22-30(32(40)24-28)36(48)50-34(38(44,45)46)14-12-10-8-6-4-2/h15-24,33-34H,3-14H2,1-2H3/t33-,34-/m0/s1. The maximum absolute atomic E-state index is 14.9. The van der Waals surface area contributed by atoms with E-state index in [4.69, 9.17) is 0 Å². The first-order valence-electron chi connectivity index (χ1n) is 16.9. The van der Waals surface area contributed by atoms with Crippen molar-refractivity contribution in [3.05, 3.63) is 83.4 Å². The van der Waals surface area contributed by atoms with Crippen LogP contribution in [0.5, 0.6) is 0 Å². The number of unbranched alkanes of at least 4 members (excludes halogenated alkanes) is 8. The molecule has 12 heteroatoms.